The molecule has 1 aromatic rings. The van der Waals surface area contributed by atoms with Crippen molar-refractivity contribution in [3.05, 3.63) is 0 Å². The predicted molar refractivity (Wildman–Crippen MR) is 70.9 cm³/mol. The lowest BCUT2D eigenvalue weighted by atomic mass is 10.1. The molecule has 0 amide bonds. The third-order valence-corrected chi connectivity index (χ3v) is 3.14. The number of aromatic nitrogens is 3. The minimum absolute atomic E-state index is 0.336. The number of hydrogen-bond acceptors (Lipinski definition) is 6. The molecule has 1 saturated carbocycles. The first-order chi connectivity index (χ1) is 8.72. The molecule has 0 saturated heterocycles. The van der Waals surface area contributed by atoms with Gasteiger partial charge in [-0.1, -0.05) is 6.92 Å². The van der Waals surface area contributed by atoms with Gasteiger partial charge in [-0.15, -0.1) is 0 Å². The summed E-state index contributed by atoms with van der Waals surface area (Å²) in [5.74, 6) is 2.65. The highest BCUT2D eigenvalue weighted by Gasteiger charge is 2.27. The van der Waals surface area contributed by atoms with Crippen LogP contribution < -0.4 is 15.4 Å². The van der Waals surface area contributed by atoms with Crippen molar-refractivity contribution in [1.82, 2.24) is 15.0 Å². The fourth-order valence-corrected chi connectivity index (χ4v) is 1.85. The van der Waals surface area contributed by atoms with E-state index in [0.717, 1.165) is 19.0 Å². The van der Waals surface area contributed by atoms with Gasteiger partial charge in [0.2, 0.25) is 11.9 Å². The summed E-state index contributed by atoms with van der Waals surface area (Å²) < 4.78 is 5.07. The zero-order chi connectivity index (χ0) is 13.0. The number of rotatable bonds is 7. The Morgan fingerprint density at radius 3 is 2.44 bits per heavy atom. The minimum atomic E-state index is 0.336. The maximum absolute atomic E-state index is 5.07. The van der Waals surface area contributed by atoms with Gasteiger partial charge < -0.3 is 15.4 Å². The second kappa shape index (κ2) is 5.84. The van der Waals surface area contributed by atoms with Crippen LogP contribution in [0.3, 0.4) is 0 Å². The maximum atomic E-state index is 5.07. The zero-order valence-corrected chi connectivity index (χ0v) is 11.2. The highest BCUT2D eigenvalue weighted by Crippen LogP contribution is 2.36. The SMILES string of the molecule is CCNc1nc(NCC(C)C2CC2)nc(OC)n1. The molecule has 2 N–H and O–H groups in total. The molecule has 1 aliphatic carbocycles. The van der Waals surface area contributed by atoms with Crippen LogP contribution in [0.25, 0.3) is 0 Å². The highest BCUT2D eigenvalue weighted by molar-refractivity contribution is 5.35. The number of anilines is 2. The second-order valence-electron chi connectivity index (χ2n) is 4.70. The van der Waals surface area contributed by atoms with E-state index in [2.05, 4.69) is 32.5 Å². The topological polar surface area (TPSA) is 72.0 Å². The summed E-state index contributed by atoms with van der Waals surface area (Å²) in [6.07, 6.45) is 2.71. The molecule has 1 aliphatic rings. The summed E-state index contributed by atoms with van der Waals surface area (Å²) in [5.41, 5.74) is 0. The van der Waals surface area contributed by atoms with E-state index in [1.807, 2.05) is 6.92 Å². The lowest BCUT2D eigenvalue weighted by Gasteiger charge is -2.12. The first kappa shape index (κ1) is 12.9. The van der Waals surface area contributed by atoms with Crippen molar-refractivity contribution in [2.75, 3.05) is 30.8 Å². The molecule has 0 bridgehead atoms. The van der Waals surface area contributed by atoms with Gasteiger partial charge >= 0.3 is 6.01 Å². The molecule has 0 radical (unpaired) electrons. The Bertz CT molecular complexity index is 394. The van der Waals surface area contributed by atoms with Crippen LogP contribution in [0, 0.1) is 11.8 Å². The van der Waals surface area contributed by atoms with Crippen LogP contribution in [0.1, 0.15) is 26.7 Å². The summed E-state index contributed by atoms with van der Waals surface area (Å²) in [6.45, 7) is 5.92. The molecular formula is C12H21N5O. The first-order valence-electron chi connectivity index (χ1n) is 6.50. The number of ether oxygens (including phenoxy) is 1. The van der Waals surface area contributed by atoms with Crippen molar-refractivity contribution >= 4 is 11.9 Å². The minimum Gasteiger partial charge on any atom is -0.467 e. The molecule has 1 heterocycles. The smallest absolute Gasteiger partial charge is 0.322 e. The van der Waals surface area contributed by atoms with E-state index in [1.165, 1.54) is 12.8 Å². The number of methoxy groups -OCH3 is 1. The maximum Gasteiger partial charge on any atom is 0.322 e. The molecule has 1 atom stereocenters. The van der Waals surface area contributed by atoms with Gasteiger partial charge in [0.15, 0.2) is 0 Å². The largest absolute Gasteiger partial charge is 0.467 e. The summed E-state index contributed by atoms with van der Waals surface area (Å²) in [4.78, 5) is 12.6. The van der Waals surface area contributed by atoms with Crippen LogP contribution in [-0.2, 0) is 0 Å². The van der Waals surface area contributed by atoms with Gasteiger partial charge in [-0.05, 0) is 31.6 Å². The normalized spacial score (nSPS) is 16.2. The van der Waals surface area contributed by atoms with Crippen molar-refractivity contribution in [2.45, 2.75) is 26.7 Å². The average molecular weight is 251 g/mol. The molecule has 0 aromatic carbocycles. The summed E-state index contributed by atoms with van der Waals surface area (Å²) in [7, 11) is 1.56. The average Bonchev–Trinajstić information content (AvgIpc) is 3.20. The van der Waals surface area contributed by atoms with Crippen LogP contribution >= 0.6 is 0 Å². The molecule has 100 valence electrons. The highest BCUT2D eigenvalue weighted by atomic mass is 16.5. The molecule has 2 rings (SSSR count). The Balaban J connectivity index is 1.98. The van der Waals surface area contributed by atoms with Crippen molar-refractivity contribution in [3.8, 4) is 6.01 Å². The van der Waals surface area contributed by atoms with Gasteiger partial charge in [-0.2, -0.15) is 15.0 Å². The van der Waals surface area contributed by atoms with E-state index in [0.29, 0.717) is 23.8 Å². The van der Waals surface area contributed by atoms with Gasteiger partial charge in [0, 0.05) is 13.1 Å². The zero-order valence-electron chi connectivity index (χ0n) is 11.2. The van der Waals surface area contributed by atoms with Gasteiger partial charge in [-0.25, -0.2) is 0 Å². The Hall–Kier alpha value is -1.59. The van der Waals surface area contributed by atoms with Crippen molar-refractivity contribution < 1.29 is 4.74 Å². The van der Waals surface area contributed by atoms with E-state index in [9.17, 15) is 0 Å². The van der Waals surface area contributed by atoms with Gasteiger partial charge in [0.05, 0.1) is 7.11 Å². The molecule has 6 heteroatoms. The predicted octanol–water partition coefficient (Wildman–Crippen LogP) is 1.77. The van der Waals surface area contributed by atoms with Gasteiger partial charge in [0.25, 0.3) is 0 Å². The second-order valence-corrected chi connectivity index (χ2v) is 4.70. The molecule has 18 heavy (non-hydrogen) atoms. The third kappa shape index (κ3) is 3.45. The Morgan fingerprint density at radius 2 is 1.89 bits per heavy atom. The third-order valence-electron chi connectivity index (χ3n) is 3.14. The van der Waals surface area contributed by atoms with E-state index < -0.39 is 0 Å². The summed E-state index contributed by atoms with van der Waals surface area (Å²) >= 11 is 0. The van der Waals surface area contributed by atoms with Crippen LogP contribution in [0.4, 0.5) is 11.9 Å². The molecule has 1 unspecified atom stereocenters. The Kier molecular flexibility index (Phi) is 4.17. The standard InChI is InChI=1S/C12H21N5O/c1-4-13-10-15-11(17-12(16-10)18-3)14-7-8(2)9-5-6-9/h8-9H,4-7H2,1-3H3,(H2,13,14,15,16,17). The van der Waals surface area contributed by atoms with Crippen LogP contribution in [0.2, 0.25) is 0 Å². The van der Waals surface area contributed by atoms with Gasteiger partial charge in [-0.3, -0.25) is 0 Å². The number of hydrogen-bond donors (Lipinski definition) is 2. The Morgan fingerprint density at radius 1 is 1.22 bits per heavy atom. The van der Waals surface area contributed by atoms with Crippen LogP contribution in [0.15, 0.2) is 0 Å². The molecule has 1 aromatic heterocycles. The molecule has 0 spiro atoms. The molecule has 0 aliphatic heterocycles. The van der Waals surface area contributed by atoms with Gasteiger partial charge in [0.1, 0.15) is 0 Å². The Labute approximate surface area is 108 Å². The quantitative estimate of drug-likeness (QED) is 0.769. The van der Waals surface area contributed by atoms with Crippen molar-refractivity contribution in [1.29, 1.82) is 0 Å². The first-order valence-corrected chi connectivity index (χ1v) is 6.50. The van der Waals surface area contributed by atoms with Crippen LogP contribution in [0.5, 0.6) is 6.01 Å². The van der Waals surface area contributed by atoms with E-state index >= 15 is 0 Å². The lowest BCUT2D eigenvalue weighted by Crippen LogP contribution is -2.16. The van der Waals surface area contributed by atoms with E-state index in [1.54, 1.807) is 7.11 Å². The fraction of sp³-hybridized carbons (Fsp3) is 0.750. The van der Waals surface area contributed by atoms with Crippen molar-refractivity contribution in [3.63, 3.8) is 0 Å². The van der Waals surface area contributed by atoms with E-state index in [-0.39, 0.29) is 0 Å². The lowest BCUT2D eigenvalue weighted by molar-refractivity contribution is 0.379. The number of nitrogens with one attached hydrogen (secondary N) is 2. The van der Waals surface area contributed by atoms with Crippen LogP contribution in [-0.4, -0.2) is 35.2 Å². The molecule has 6 nitrogen and oxygen atoms in total. The fourth-order valence-electron chi connectivity index (χ4n) is 1.85. The number of nitrogens with zero attached hydrogens (tertiary/aromatic N) is 3. The monoisotopic (exact) mass is 251 g/mol. The summed E-state index contributed by atoms with van der Waals surface area (Å²) in [5, 5.41) is 6.32. The van der Waals surface area contributed by atoms with E-state index in [4.69, 9.17) is 4.74 Å². The summed E-state index contributed by atoms with van der Waals surface area (Å²) in [6, 6.07) is 0.336. The molecular weight excluding hydrogens is 230 g/mol. The molecule has 1 fully saturated rings. The van der Waals surface area contributed by atoms with Crippen molar-refractivity contribution in [2.24, 2.45) is 11.8 Å².